The van der Waals surface area contributed by atoms with Gasteiger partial charge in [0.05, 0.1) is 4.90 Å². The SMILES string of the molecule is N#CC(=Cc1cccc(OCc2ccccc2)c1)C(=O)Nc1ccc(S(N)(=O)=O)cc1. The van der Waals surface area contributed by atoms with E-state index in [1.165, 1.54) is 30.3 Å². The van der Waals surface area contributed by atoms with Crippen molar-refractivity contribution in [2.75, 3.05) is 5.32 Å². The second kappa shape index (κ2) is 9.71. The molecule has 0 unspecified atom stereocenters. The van der Waals surface area contributed by atoms with Crippen molar-refractivity contribution < 1.29 is 17.9 Å². The molecule has 0 bridgehead atoms. The molecule has 31 heavy (non-hydrogen) atoms. The molecule has 3 rings (SSSR count). The van der Waals surface area contributed by atoms with Crippen LogP contribution in [0.5, 0.6) is 5.75 Å². The molecule has 8 heteroatoms. The third-order valence-electron chi connectivity index (χ3n) is 4.22. The Hall–Kier alpha value is -3.93. The monoisotopic (exact) mass is 433 g/mol. The number of anilines is 1. The van der Waals surface area contributed by atoms with E-state index < -0.39 is 15.9 Å². The first kappa shape index (κ1) is 21.8. The topological polar surface area (TPSA) is 122 Å². The van der Waals surface area contributed by atoms with Gasteiger partial charge in [-0.05, 0) is 53.6 Å². The second-order valence-electron chi connectivity index (χ2n) is 6.54. The van der Waals surface area contributed by atoms with Gasteiger partial charge in [-0.1, -0.05) is 42.5 Å². The van der Waals surface area contributed by atoms with Gasteiger partial charge in [-0.15, -0.1) is 0 Å². The molecule has 0 aliphatic carbocycles. The Kier molecular flexibility index (Phi) is 6.82. The lowest BCUT2D eigenvalue weighted by molar-refractivity contribution is -0.112. The fourth-order valence-electron chi connectivity index (χ4n) is 2.68. The van der Waals surface area contributed by atoms with Crippen LogP contribution >= 0.6 is 0 Å². The van der Waals surface area contributed by atoms with Crippen molar-refractivity contribution in [1.29, 1.82) is 5.26 Å². The van der Waals surface area contributed by atoms with Gasteiger partial charge in [0.15, 0.2) is 0 Å². The summed E-state index contributed by atoms with van der Waals surface area (Å²) >= 11 is 0. The number of benzene rings is 3. The molecule has 3 N–H and O–H groups in total. The van der Waals surface area contributed by atoms with E-state index in [2.05, 4.69) is 5.32 Å². The molecule has 0 saturated heterocycles. The highest BCUT2D eigenvalue weighted by molar-refractivity contribution is 7.89. The van der Waals surface area contributed by atoms with E-state index in [9.17, 15) is 18.5 Å². The molecule has 3 aromatic carbocycles. The van der Waals surface area contributed by atoms with Crippen molar-refractivity contribution in [3.63, 3.8) is 0 Å². The smallest absolute Gasteiger partial charge is 0.266 e. The van der Waals surface area contributed by atoms with Crippen molar-refractivity contribution in [1.82, 2.24) is 0 Å². The second-order valence-corrected chi connectivity index (χ2v) is 8.10. The summed E-state index contributed by atoms with van der Waals surface area (Å²) in [7, 11) is -3.82. The molecule has 0 spiro atoms. The Bertz CT molecular complexity index is 1250. The summed E-state index contributed by atoms with van der Waals surface area (Å²) in [6, 6.07) is 23.9. The summed E-state index contributed by atoms with van der Waals surface area (Å²) in [5.74, 6) is -0.0182. The molecule has 0 fully saturated rings. The number of hydrogen-bond donors (Lipinski definition) is 2. The van der Waals surface area contributed by atoms with E-state index in [0.717, 1.165) is 5.56 Å². The molecule has 0 radical (unpaired) electrons. The molecule has 0 heterocycles. The first-order valence-corrected chi connectivity index (χ1v) is 10.7. The Morgan fingerprint density at radius 1 is 1.03 bits per heavy atom. The van der Waals surface area contributed by atoms with Crippen molar-refractivity contribution in [2.45, 2.75) is 11.5 Å². The maximum atomic E-state index is 12.4. The Balaban J connectivity index is 1.70. The Morgan fingerprint density at radius 2 is 1.74 bits per heavy atom. The minimum absolute atomic E-state index is 0.0751. The normalized spacial score (nSPS) is 11.4. The first-order valence-electron chi connectivity index (χ1n) is 9.18. The fourth-order valence-corrected chi connectivity index (χ4v) is 3.19. The van der Waals surface area contributed by atoms with Gasteiger partial charge in [-0.2, -0.15) is 5.26 Å². The number of carbonyl (C=O) groups is 1. The van der Waals surface area contributed by atoms with E-state index in [4.69, 9.17) is 9.88 Å². The predicted octanol–water partition coefficient (Wildman–Crippen LogP) is 3.46. The molecule has 156 valence electrons. The quantitative estimate of drug-likeness (QED) is 0.436. The lowest BCUT2D eigenvalue weighted by atomic mass is 10.1. The zero-order chi connectivity index (χ0) is 22.3. The average molecular weight is 433 g/mol. The van der Waals surface area contributed by atoms with Crippen LogP contribution in [0, 0.1) is 11.3 Å². The number of nitrogens with one attached hydrogen (secondary N) is 1. The zero-order valence-electron chi connectivity index (χ0n) is 16.4. The van der Waals surface area contributed by atoms with Crippen molar-refractivity contribution in [3.8, 4) is 11.8 Å². The van der Waals surface area contributed by atoms with Crippen LogP contribution in [-0.4, -0.2) is 14.3 Å². The van der Waals surface area contributed by atoms with E-state index in [-0.39, 0.29) is 10.5 Å². The van der Waals surface area contributed by atoms with Gasteiger partial charge < -0.3 is 10.1 Å². The summed E-state index contributed by atoms with van der Waals surface area (Å²) in [6.45, 7) is 0.397. The summed E-state index contributed by atoms with van der Waals surface area (Å²) in [5.41, 5.74) is 1.87. The van der Waals surface area contributed by atoms with Gasteiger partial charge in [0.1, 0.15) is 24.0 Å². The molecule has 0 aliphatic heterocycles. The summed E-state index contributed by atoms with van der Waals surface area (Å²) in [5, 5.41) is 17.0. The highest BCUT2D eigenvalue weighted by atomic mass is 32.2. The van der Waals surface area contributed by atoms with Gasteiger partial charge in [-0.25, -0.2) is 13.6 Å². The molecule has 0 aromatic heterocycles. The minimum atomic E-state index is -3.82. The van der Waals surface area contributed by atoms with Gasteiger partial charge in [0.2, 0.25) is 10.0 Å². The van der Waals surface area contributed by atoms with Crippen LogP contribution in [0.4, 0.5) is 5.69 Å². The van der Waals surface area contributed by atoms with E-state index in [0.29, 0.717) is 23.6 Å². The van der Waals surface area contributed by atoms with E-state index >= 15 is 0 Å². The number of primary sulfonamides is 1. The molecule has 3 aromatic rings. The van der Waals surface area contributed by atoms with Crippen LogP contribution in [0.2, 0.25) is 0 Å². The van der Waals surface area contributed by atoms with Crippen LogP contribution in [-0.2, 0) is 21.4 Å². The maximum Gasteiger partial charge on any atom is 0.266 e. The highest BCUT2D eigenvalue weighted by Crippen LogP contribution is 2.19. The number of nitrogens with two attached hydrogens (primary N) is 1. The number of carbonyl (C=O) groups excluding carboxylic acids is 1. The number of ether oxygens (including phenoxy) is 1. The van der Waals surface area contributed by atoms with Crippen LogP contribution < -0.4 is 15.2 Å². The highest BCUT2D eigenvalue weighted by Gasteiger charge is 2.12. The molecular formula is C23H19N3O4S. The molecule has 1 amide bonds. The van der Waals surface area contributed by atoms with Crippen molar-refractivity contribution in [2.24, 2.45) is 5.14 Å². The van der Waals surface area contributed by atoms with E-state index in [1.54, 1.807) is 24.3 Å². The third-order valence-corrected chi connectivity index (χ3v) is 5.15. The molecule has 0 saturated carbocycles. The summed E-state index contributed by atoms with van der Waals surface area (Å²) < 4.78 is 28.4. The number of hydrogen-bond acceptors (Lipinski definition) is 5. The number of rotatable bonds is 7. The lowest BCUT2D eigenvalue weighted by Crippen LogP contribution is -2.14. The van der Waals surface area contributed by atoms with Gasteiger partial charge >= 0.3 is 0 Å². The average Bonchev–Trinajstić information content (AvgIpc) is 2.77. The summed E-state index contributed by atoms with van der Waals surface area (Å²) in [4.78, 5) is 12.4. The largest absolute Gasteiger partial charge is 0.489 e. The number of nitriles is 1. The van der Waals surface area contributed by atoms with Crippen LogP contribution in [0.3, 0.4) is 0 Å². The molecule has 7 nitrogen and oxygen atoms in total. The van der Waals surface area contributed by atoms with Gasteiger partial charge in [0, 0.05) is 5.69 Å². The number of amides is 1. The molecule has 0 atom stereocenters. The van der Waals surface area contributed by atoms with Crippen LogP contribution in [0.1, 0.15) is 11.1 Å². The molecule has 0 aliphatic rings. The standard InChI is InChI=1S/C23H19N3O4S/c24-15-19(23(27)26-20-9-11-22(12-10-20)31(25,28)29)13-18-7-4-8-21(14-18)30-16-17-5-2-1-3-6-17/h1-14H,16H2,(H,26,27)(H2,25,28,29). The number of nitrogens with zero attached hydrogens (tertiary/aromatic N) is 1. The minimum Gasteiger partial charge on any atom is -0.489 e. The maximum absolute atomic E-state index is 12.4. The van der Waals surface area contributed by atoms with Crippen LogP contribution in [0.25, 0.3) is 6.08 Å². The van der Waals surface area contributed by atoms with Crippen molar-refractivity contribution >= 4 is 27.7 Å². The van der Waals surface area contributed by atoms with Gasteiger partial charge in [0.25, 0.3) is 5.91 Å². The fraction of sp³-hybridized carbons (Fsp3) is 0.0435. The summed E-state index contributed by atoms with van der Waals surface area (Å²) in [6.07, 6.45) is 1.45. The zero-order valence-corrected chi connectivity index (χ0v) is 17.2. The van der Waals surface area contributed by atoms with Crippen LogP contribution in [0.15, 0.2) is 89.3 Å². The lowest BCUT2D eigenvalue weighted by Gasteiger charge is -2.08. The van der Waals surface area contributed by atoms with Gasteiger partial charge in [-0.3, -0.25) is 4.79 Å². The first-order chi connectivity index (χ1) is 14.8. The predicted molar refractivity (Wildman–Crippen MR) is 117 cm³/mol. The molecular weight excluding hydrogens is 414 g/mol. The van der Waals surface area contributed by atoms with E-state index in [1.807, 2.05) is 36.4 Å². The Labute approximate surface area is 180 Å². The third kappa shape index (κ3) is 6.27. The Morgan fingerprint density at radius 3 is 2.39 bits per heavy atom. The van der Waals surface area contributed by atoms with Crippen molar-refractivity contribution in [3.05, 3.63) is 95.6 Å². The number of sulfonamides is 1.